The van der Waals surface area contributed by atoms with Crippen molar-refractivity contribution in [2.45, 2.75) is 6.61 Å². The molecule has 0 radical (unpaired) electrons. The maximum atomic E-state index is 13.0. The highest BCUT2D eigenvalue weighted by Gasteiger charge is 2.15. The minimum atomic E-state index is -1.24. The largest absolute Gasteiger partial charge is 0.488 e. The summed E-state index contributed by atoms with van der Waals surface area (Å²) in [5.41, 5.74) is 0.0601. The van der Waals surface area contributed by atoms with Crippen LogP contribution in [0.2, 0.25) is 5.02 Å². The minimum absolute atomic E-state index is 0.0282. The average Bonchev–Trinajstić information content (AvgIpc) is 2.34. The van der Waals surface area contributed by atoms with Gasteiger partial charge in [-0.3, -0.25) is 0 Å². The minimum Gasteiger partial charge on any atom is -0.488 e. The third-order valence-electron chi connectivity index (χ3n) is 2.51. The van der Waals surface area contributed by atoms with Crippen LogP contribution in [-0.4, -0.2) is 11.1 Å². The molecular weight excluding hydrogens is 290 g/mol. The average molecular weight is 299 g/mol. The molecule has 1 N–H and O–H groups in total. The van der Waals surface area contributed by atoms with E-state index in [0.29, 0.717) is 0 Å². The summed E-state index contributed by atoms with van der Waals surface area (Å²) in [5.74, 6) is -2.66. The molecule has 2 rings (SSSR count). The Morgan fingerprint density at radius 2 is 1.85 bits per heavy atom. The highest BCUT2D eigenvalue weighted by Crippen LogP contribution is 2.27. The van der Waals surface area contributed by atoms with Crippen LogP contribution in [-0.2, 0) is 6.61 Å². The van der Waals surface area contributed by atoms with Crippen molar-refractivity contribution in [2.24, 2.45) is 0 Å². The molecule has 0 aromatic heterocycles. The summed E-state index contributed by atoms with van der Waals surface area (Å²) >= 11 is 5.78. The number of ether oxygens (including phenoxy) is 1. The van der Waals surface area contributed by atoms with Gasteiger partial charge in [0.25, 0.3) is 0 Å². The molecule has 0 bridgehead atoms. The van der Waals surface area contributed by atoms with E-state index in [1.807, 2.05) is 0 Å². The fourth-order valence-electron chi connectivity index (χ4n) is 1.69. The molecule has 0 saturated carbocycles. The second kappa shape index (κ2) is 5.88. The molecule has 20 heavy (non-hydrogen) atoms. The zero-order valence-electron chi connectivity index (χ0n) is 10.1. The van der Waals surface area contributed by atoms with Crippen LogP contribution >= 0.6 is 11.6 Å². The lowest BCUT2D eigenvalue weighted by molar-refractivity contribution is 0.0692. The van der Waals surface area contributed by atoms with Crippen molar-refractivity contribution < 1.29 is 23.4 Å². The zero-order valence-corrected chi connectivity index (χ0v) is 10.8. The lowest BCUT2D eigenvalue weighted by atomic mass is 10.2. The van der Waals surface area contributed by atoms with Gasteiger partial charge < -0.3 is 9.84 Å². The number of carboxylic acids is 1. The Hall–Kier alpha value is -2.14. The van der Waals surface area contributed by atoms with Crippen molar-refractivity contribution in [3.63, 3.8) is 0 Å². The van der Waals surface area contributed by atoms with Crippen molar-refractivity contribution in [1.82, 2.24) is 0 Å². The van der Waals surface area contributed by atoms with Crippen LogP contribution in [0.3, 0.4) is 0 Å². The number of aromatic carboxylic acids is 1. The summed E-state index contributed by atoms with van der Waals surface area (Å²) in [4.78, 5) is 11.1. The standard InChI is InChI=1S/C14H9ClF2O3/c15-11-2-1-3-12(13(11)14(18)19)20-7-8-4-9(16)6-10(17)5-8/h1-6H,7H2,(H,18,19). The molecular formula is C14H9ClF2O3. The van der Waals surface area contributed by atoms with Crippen LogP contribution in [0.5, 0.6) is 5.75 Å². The predicted octanol–water partition coefficient (Wildman–Crippen LogP) is 3.90. The monoisotopic (exact) mass is 298 g/mol. The van der Waals surface area contributed by atoms with E-state index >= 15 is 0 Å². The molecule has 2 aromatic rings. The van der Waals surface area contributed by atoms with Crippen LogP contribution in [0.15, 0.2) is 36.4 Å². The topological polar surface area (TPSA) is 46.5 Å². The van der Waals surface area contributed by atoms with E-state index in [1.165, 1.54) is 18.2 Å². The van der Waals surface area contributed by atoms with Gasteiger partial charge in [-0.15, -0.1) is 0 Å². The Labute approximate surface area is 118 Å². The van der Waals surface area contributed by atoms with Crippen molar-refractivity contribution >= 4 is 17.6 Å². The Morgan fingerprint density at radius 3 is 2.45 bits per heavy atom. The predicted molar refractivity (Wildman–Crippen MR) is 69.1 cm³/mol. The summed E-state index contributed by atoms with van der Waals surface area (Å²) in [5, 5.41) is 9.08. The van der Waals surface area contributed by atoms with E-state index in [2.05, 4.69) is 0 Å². The molecule has 0 fully saturated rings. The third kappa shape index (κ3) is 3.24. The first-order valence-corrected chi connectivity index (χ1v) is 5.95. The Balaban J connectivity index is 2.23. The highest BCUT2D eigenvalue weighted by molar-refractivity contribution is 6.33. The summed E-state index contributed by atoms with van der Waals surface area (Å²) in [7, 11) is 0. The van der Waals surface area contributed by atoms with E-state index in [4.69, 9.17) is 21.4 Å². The smallest absolute Gasteiger partial charge is 0.341 e. The van der Waals surface area contributed by atoms with Crippen LogP contribution in [0.4, 0.5) is 8.78 Å². The number of carboxylic acid groups (broad SMARTS) is 1. The van der Waals surface area contributed by atoms with Crippen LogP contribution in [0, 0.1) is 11.6 Å². The van der Waals surface area contributed by atoms with Gasteiger partial charge in [0.1, 0.15) is 29.6 Å². The first-order chi connectivity index (χ1) is 9.47. The highest BCUT2D eigenvalue weighted by atomic mass is 35.5. The molecule has 6 heteroatoms. The maximum Gasteiger partial charge on any atom is 0.341 e. The molecule has 0 heterocycles. The van der Waals surface area contributed by atoms with Crippen molar-refractivity contribution in [2.75, 3.05) is 0 Å². The Kier molecular flexibility index (Phi) is 4.20. The lowest BCUT2D eigenvalue weighted by Gasteiger charge is -2.10. The molecule has 0 unspecified atom stereocenters. The molecule has 104 valence electrons. The summed E-state index contributed by atoms with van der Waals surface area (Å²) in [6, 6.07) is 7.31. The quantitative estimate of drug-likeness (QED) is 0.931. The fourth-order valence-corrected chi connectivity index (χ4v) is 1.93. The Bertz CT molecular complexity index is 639. The van der Waals surface area contributed by atoms with Crippen LogP contribution in [0.25, 0.3) is 0 Å². The van der Waals surface area contributed by atoms with Gasteiger partial charge in [0.15, 0.2) is 0 Å². The molecule has 2 aromatic carbocycles. The number of hydrogen-bond donors (Lipinski definition) is 1. The van der Waals surface area contributed by atoms with Gasteiger partial charge >= 0.3 is 5.97 Å². The van der Waals surface area contributed by atoms with Crippen LogP contribution in [0.1, 0.15) is 15.9 Å². The van der Waals surface area contributed by atoms with Gasteiger partial charge in [-0.25, -0.2) is 13.6 Å². The normalized spacial score (nSPS) is 10.3. The molecule has 0 saturated heterocycles. The number of benzene rings is 2. The molecule has 0 atom stereocenters. The van der Waals surface area contributed by atoms with Gasteiger partial charge in [0.2, 0.25) is 0 Å². The van der Waals surface area contributed by atoms with E-state index in [-0.39, 0.29) is 28.5 Å². The summed E-state index contributed by atoms with van der Waals surface area (Å²) < 4.78 is 31.3. The van der Waals surface area contributed by atoms with Gasteiger partial charge in [-0.05, 0) is 29.8 Å². The lowest BCUT2D eigenvalue weighted by Crippen LogP contribution is -2.04. The van der Waals surface area contributed by atoms with E-state index < -0.39 is 17.6 Å². The Morgan fingerprint density at radius 1 is 1.20 bits per heavy atom. The van der Waals surface area contributed by atoms with E-state index in [0.717, 1.165) is 18.2 Å². The SMILES string of the molecule is O=C(O)c1c(Cl)cccc1OCc1cc(F)cc(F)c1. The zero-order chi connectivity index (χ0) is 14.7. The molecule has 0 aliphatic carbocycles. The first-order valence-electron chi connectivity index (χ1n) is 5.57. The molecule has 0 amide bonds. The van der Waals surface area contributed by atoms with Crippen molar-refractivity contribution in [3.05, 3.63) is 64.2 Å². The molecule has 3 nitrogen and oxygen atoms in total. The van der Waals surface area contributed by atoms with Crippen molar-refractivity contribution in [1.29, 1.82) is 0 Å². The fraction of sp³-hybridized carbons (Fsp3) is 0.0714. The van der Waals surface area contributed by atoms with Gasteiger partial charge in [0, 0.05) is 6.07 Å². The second-order valence-corrected chi connectivity index (χ2v) is 4.39. The summed E-state index contributed by atoms with van der Waals surface area (Å²) in [6.07, 6.45) is 0. The maximum absolute atomic E-state index is 13.0. The van der Waals surface area contributed by atoms with Crippen LogP contribution < -0.4 is 4.74 Å². The number of rotatable bonds is 4. The van der Waals surface area contributed by atoms with Gasteiger partial charge in [0.05, 0.1) is 5.02 Å². The van der Waals surface area contributed by atoms with E-state index in [9.17, 15) is 13.6 Å². The number of hydrogen-bond acceptors (Lipinski definition) is 2. The number of halogens is 3. The first kappa shape index (κ1) is 14.3. The third-order valence-corrected chi connectivity index (χ3v) is 2.82. The van der Waals surface area contributed by atoms with Gasteiger partial charge in [-0.2, -0.15) is 0 Å². The molecule has 0 aliphatic heterocycles. The molecule has 0 spiro atoms. The van der Waals surface area contributed by atoms with Gasteiger partial charge in [-0.1, -0.05) is 17.7 Å². The molecule has 0 aliphatic rings. The number of carbonyl (C=O) groups is 1. The van der Waals surface area contributed by atoms with Crippen molar-refractivity contribution in [3.8, 4) is 5.75 Å². The second-order valence-electron chi connectivity index (χ2n) is 3.98. The summed E-state index contributed by atoms with van der Waals surface area (Å²) in [6.45, 7) is -0.171. The van der Waals surface area contributed by atoms with E-state index in [1.54, 1.807) is 0 Å².